The van der Waals surface area contributed by atoms with Crippen molar-refractivity contribution in [3.05, 3.63) is 46.2 Å². The summed E-state index contributed by atoms with van der Waals surface area (Å²) < 4.78 is 0. The van der Waals surface area contributed by atoms with Gasteiger partial charge in [0.1, 0.15) is 11.6 Å². The average Bonchev–Trinajstić information content (AvgIpc) is 2.45. The Labute approximate surface area is 127 Å². The molecule has 0 saturated heterocycles. The Morgan fingerprint density at radius 1 is 1.27 bits per heavy atom. The molecule has 0 unspecified atom stereocenters. The van der Waals surface area contributed by atoms with E-state index in [2.05, 4.69) is 10.3 Å². The minimum atomic E-state index is -1.11. The Balaban J connectivity index is 2.30. The van der Waals surface area contributed by atoms with Gasteiger partial charge in [0.25, 0.3) is 11.5 Å². The lowest BCUT2D eigenvalue weighted by molar-refractivity contribution is -0.139. The maximum Gasteiger partial charge on any atom is 0.326 e. The molecule has 1 aromatic carbocycles. The fraction of sp³-hybridized carbons (Fsp3) is 0.312. The second-order valence-corrected chi connectivity index (χ2v) is 5.59. The van der Waals surface area contributed by atoms with Crippen molar-refractivity contribution >= 4 is 22.8 Å². The highest BCUT2D eigenvalue weighted by molar-refractivity contribution is 5.98. The van der Waals surface area contributed by atoms with E-state index in [0.29, 0.717) is 17.3 Å². The number of aromatic nitrogens is 1. The molecule has 2 rings (SSSR count). The lowest BCUT2D eigenvalue weighted by atomic mass is 10.0. The zero-order valence-electron chi connectivity index (χ0n) is 12.4. The number of amides is 1. The van der Waals surface area contributed by atoms with Gasteiger partial charge in [0.05, 0.1) is 0 Å². The molecule has 0 radical (unpaired) electrons. The number of nitrogens with one attached hydrogen (secondary N) is 2. The SMILES string of the molecule is CC(C)C[C@@H](NC(=O)c1cc2ccccc2[nH]c1=O)C(=O)O. The Morgan fingerprint density at radius 3 is 2.59 bits per heavy atom. The first-order valence-electron chi connectivity index (χ1n) is 7.04. The molecular weight excluding hydrogens is 284 g/mol. The van der Waals surface area contributed by atoms with Gasteiger partial charge in [-0.15, -0.1) is 0 Å². The number of hydrogen-bond acceptors (Lipinski definition) is 3. The number of H-pyrrole nitrogens is 1. The lowest BCUT2D eigenvalue weighted by Gasteiger charge is -2.16. The minimum Gasteiger partial charge on any atom is -0.480 e. The number of carboxylic acids is 1. The largest absolute Gasteiger partial charge is 0.480 e. The Hall–Kier alpha value is -2.63. The Bertz CT molecular complexity index is 764. The molecule has 22 heavy (non-hydrogen) atoms. The van der Waals surface area contributed by atoms with Gasteiger partial charge < -0.3 is 15.4 Å². The molecule has 6 nitrogen and oxygen atoms in total. The lowest BCUT2D eigenvalue weighted by Crippen LogP contribution is -2.43. The van der Waals surface area contributed by atoms with Crippen LogP contribution < -0.4 is 10.9 Å². The van der Waals surface area contributed by atoms with Gasteiger partial charge in [-0.1, -0.05) is 32.0 Å². The van der Waals surface area contributed by atoms with E-state index in [0.717, 1.165) is 0 Å². The summed E-state index contributed by atoms with van der Waals surface area (Å²) >= 11 is 0. The van der Waals surface area contributed by atoms with E-state index in [4.69, 9.17) is 5.11 Å². The first kappa shape index (κ1) is 15.8. The number of carbonyl (C=O) groups excluding carboxylic acids is 1. The van der Waals surface area contributed by atoms with Crippen LogP contribution in [0.4, 0.5) is 0 Å². The zero-order chi connectivity index (χ0) is 16.3. The number of hydrogen-bond donors (Lipinski definition) is 3. The van der Waals surface area contributed by atoms with E-state index >= 15 is 0 Å². The van der Waals surface area contributed by atoms with Crippen LogP contribution in [0.1, 0.15) is 30.6 Å². The van der Waals surface area contributed by atoms with Crippen LogP contribution in [0.2, 0.25) is 0 Å². The Kier molecular flexibility index (Phi) is 4.60. The number of carboxylic acid groups (broad SMARTS) is 1. The van der Waals surface area contributed by atoms with E-state index in [9.17, 15) is 14.4 Å². The molecule has 0 spiro atoms. The van der Waals surface area contributed by atoms with E-state index in [-0.39, 0.29) is 11.5 Å². The molecule has 2 aromatic rings. The van der Waals surface area contributed by atoms with Gasteiger partial charge in [-0.3, -0.25) is 9.59 Å². The molecule has 1 aromatic heterocycles. The third kappa shape index (κ3) is 3.52. The molecule has 0 fully saturated rings. The molecule has 6 heteroatoms. The molecule has 1 atom stereocenters. The molecule has 1 amide bonds. The fourth-order valence-electron chi connectivity index (χ4n) is 2.24. The third-order valence-corrected chi connectivity index (χ3v) is 3.31. The number of para-hydroxylation sites is 1. The Morgan fingerprint density at radius 2 is 1.95 bits per heavy atom. The number of aromatic amines is 1. The van der Waals surface area contributed by atoms with Gasteiger partial charge in [-0.2, -0.15) is 0 Å². The summed E-state index contributed by atoms with van der Waals surface area (Å²) in [4.78, 5) is 38.0. The standard InChI is InChI=1S/C16H18N2O4/c1-9(2)7-13(16(21)22)18-15(20)11-8-10-5-3-4-6-12(10)17-14(11)19/h3-6,8-9,13H,7H2,1-2H3,(H,17,19)(H,18,20)(H,21,22)/t13-/m1/s1. The molecular formula is C16H18N2O4. The number of pyridine rings is 1. The second-order valence-electron chi connectivity index (χ2n) is 5.59. The summed E-state index contributed by atoms with van der Waals surface area (Å²) in [6.07, 6.45) is 0.298. The third-order valence-electron chi connectivity index (χ3n) is 3.31. The summed E-state index contributed by atoms with van der Waals surface area (Å²) in [5, 5.41) is 12.3. The monoisotopic (exact) mass is 302 g/mol. The highest BCUT2D eigenvalue weighted by atomic mass is 16.4. The van der Waals surface area contributed by atoms with Crippen LogP contribution in [0.5, 0.6) is 0 Å². The molecule has 3 N–H and O–H groups in total. The van der Waals surface area contributed by atoms with Crippen molar-refractivity contribution in [2.75, 3.05) is 0 Å². The van der Waals surface area contributed by atoms with E-state index in [1.807, 2.05) is 13.8 Å². The fourth-order valence-corrected chi connectivity index (χ4v) is 2.24. The highest BCUT2D eigenvalue weighted by Gasteiger charge is 2.23. The normalized spacial score (nSPS) is 12.3. The van der Waals surface area contributed by atoms with Crippen LogP contribution in [0.25, 0.3) is 10.9 Å². The van der Waals surface area contributed by atoms with Crippen molar-refractivity contribution in [2.24, 2.45) is 5.92 Å². The predicted molar refractivity (Wildman–Crippen MR) is 82.9 cm³/mol. The first-order chi connectivity index (χ1) is 10.4. The van der Waals surface area contributed by atoms with Gasteiger partial charge in [0.15, 0.2) is 0 Å². The number of benzene rings is 1. The molecule has 0 aliphatic carbocycles. The number of aliphatic carboxylic acids is 1. The van der Waals surface area contributed by atoms with E-state index in [1.54, 1.807) is 24.3 Å². The average molecular weight is 302 g/mol. The van der Waals surface area contributed by atoms with Crippen LogP contribution in [0.3, 0.4) is 0 Å². The quantitative estimate of drug-likeness (QED) is 0.783. The highest BCUT2D eigenvalue weighted by Crippen LogP contribution is 2.11. The summed E-state index contributed by atoms with van der Waals surface area (Å²) in [6.45, 7) is 3.73. The molecule has 1 heterocycles. The van der Waals surface area contributed by atoms with Crippen molar-refractivity contribution in [3.63, 3.8) is 0 Å². The maximum atomic E-state index is 12.2. The van der Waals surface area contributed by atoms with Crippen LogP contribution in [0.15, 0.2) is 35.1 Å². The van der Waals surface area contributed by atoms with Gasteiger partial charge in [-0.25, -0.2) is 4.79 Å². The van der Waals surface area contributed by atoms with Crippen molar-refractivity contribution in [1.29, 1.82) is 0 Å². The van der Waals surface area contributed by atoms with E-state index in [1.165, 1.54) is 6.07 Å². The minimum absolute atomic E-state index is 0.0892. The molecule has 0 aliphatic rings. The van der Waals surface area contributed by atoms with Crippen molar-refractivity contribution in [2.45, 2.75) is 26.3 Å². The number of rotatable bonds is 5. The van der Waals surface area contributed by atoms with Crippen LogP contribution in [-0.2, 0) is 4.79 Å². The predicted octanol–water partition coefficient (Wildman–Crippen LogP) is 1.76. The summed E-state index contributed by atoms with van der Waals surface area (Å²) in [7, 11) is 0. The molecule has 0 saturated carbocycles. The first-order valence-corrected chi connectivity index (χ1v) is 7.04. The van der Waals surface area contributed by atoms with Crippen LogP contribution >= 0.6 is 0 Å². The zero-order valence-corrected chi connectivity index (χ0v) is 12.4. The van der Waals surface area contributed by atoms with Crippen molar-refractivity contribution < 1.29 is 14.7 Å². The topological polar surface area (TPSA) is 99.3 Å². The maximum absolute atomic E-state index is 12.2. The summed E-state index contributed by atoms with van der Waals surface area (Å²) in [5.74, 6) is -1.68. The number of carbonyl (C=O) groups is 2. The second kappa shape index (κ2) is 6.43. The van der Waals surface area contributed by atoms with E-state index < -0.39 is 23.5 Å². The van der Waals surface area contributed by atoms with Gasteiger partial charge >= 0.3 is 5.97 Å². The molecule has 0 bridgehead atoms. The van der Waals surface area contributed by atoms with Crippen LogP contribution in [0, 0.1) is 5.92 Å². The van der Waals surface area contributed by atoms with Gasteiger partial charge in [0, 0.05) is 5.52 Å². The molecule has 116 valence electrons. The molecule has 0 aliphatic heterocycles. The number of fused-ring (bicyclic) bond motifs is 1. The van der Waals surface area contributed by atoms with Crippen LogP contribution in [-0.4, -0.2) is 28.0 Å². The van der Waals surface area contributed by atoms with Gasteiger partial charge in [-0.05, 0) is 29.9 Å². The smallest absolute Gasteiger partial charge is 0.326 e. The van der Waals surface area contributed by atoms with Crippen molar-refractivity contribution in [3.8, 4) is 0 Å². The summed E-state index contributed by atoms with van der Waals surface area (Å²) in [5.41, 5.74) is -0.000364. The van der Waals surface area contributed by atoms with Gasteiger partial charge in [0.2, 0.25) is 0 Å². The summed E-state index contributed by atoms with van der Waals surface area (Å²) in [6, 6.07) is 7.53. The van der Waals surface area contributed by atoms with Crippen molar-refractivity contribution in [1.82, 2.24) is 10.3 Å².